The van der Waals surface area contributed by atoms with Crippen LogP contribution in [0.1, 0.15) is 50.2 Å². The fraction of sp³-hybridized carbons (Fsp3) is 0.333. The number of fused-ring (bicyclic) bond motifs is 1. The summed E-state index contributed by atoms with van der Waals surface area (Å²) in [6.45, 7) is 1.99. The lowest BCUT2D eigenvalue weighted by molar-refractivity contribution is 0.0922. The van der Waals surface area contributed by atoms with Crippen LogP contribution in [0.2, 0.25) is 0 Å². The second-order valence-electron chi connectivity index (χ2n) is 6.43. The minimum absolute atomic E-state index is 0.141. The Hall–Kier alpha value is -3.36. The van der Waals surface area contributed by atoms with Gasteiger partial charge in [-0.05, 0) is 31.9 Å². The Morgan fingerprint density at radius 1 is 1.26 bits per heavy atom. The van der Waals surface area contributed by atoms with E-state index in [2.05, 4.69) is 20.9 Å². The fourth-order valence-electron chi connectivity index (χ4n) is 3.10. The van der Waals surface area contributed by atoms with Gasteiger partial charge in [0, 0.05) is 24.1 Å². The van der Waals surface area contributed by atoms with Crippen molar-refractivity contribution < 1.29 is 23.1 Å². The van der Waals surface area contributed by atoms with Gasteiger partial charge in [-0.25, -0.2) is 0 Å². The SMILES string of the molecule is Cc1cc(C(=O)NC2CCc3onc(C(=O)NCc4ccco4)c3C2)no1. The van der Waals surface area contributed by atoms with Crippen molar-refractivity contribution in [1.29, 1.82) is 0 Å². The average molecular weight is 370 g/mol. The normalized spacial score (nSPS) is 16.0. The summed E-state index contributed by atoms with van der Waals surface area (Å²) in [5.41, 5.74) is 1.20. The number of hydrogen-bond donors (Lipinski definition) is 2. The van der Waals surface area contributed by atoms with Crippen molar-refractivity contribution >= 4 is 11.8 Å². The molecule has 27 heavy (non-hydrogen) atoms. The maximum absolute atomic E-state index is 12.4. The molecule has 1 aliphatic rings. The first-order chi connectivity index (χ1) is 13.1. The van der Waals surface area contributed by atoms with Gasteiger partial charge in [-0.3, -0.25) is 9.59 Å². The Balaban J connectivity index is 1.42. The predicted molar refractivity (Wildman–Crippen MR) is 90.9 cm³/mol. The van der Waals surface area contributed by atoms with Gasteiger partial charge in [0.25, 0.3) is 11.8 Å². The molecule has 1 atom stereocenters. The highest BCUT2D eigenvalue weighted by Crippen LogP contribution is 2.25. The molecule has 0 saturated carbocycles. The lowest BCUT2D eigenvalue weighted by Crippen LogP contribution is -2.39. The van der Waals surface area contributed by atoms with Crippen molar-refractivity contribution in [2.75, 3.05) is 0 Å². The molecule has 4 rings (SSSR count). The van der Waals surface area contributed by atoms with E-state index in [4.69, 9.17) is 13.5 Å². The van der Waals surface area contributed by atoms with Crippen LogP contribution in [0.4, 0.5) is 0 Å². The van der Waals surface area contributed by atoms with Gasteiger partial charge < -0.3 is 24.1 Å². The van der Waals surface area contributed by atoms with Crippen LogP contribution < -0.4 is 10.6 Å². The van der Waals surface area contributed by atoms with Crippen molar-refractivity contribution in [1.82, 2.24) is 20.9 Å². The molecule has 1 aliphatic carbocycles. The highest BCUT2D eigenvalue weighted by atomic mass is 16.5. The minimum atomic E-state index is -0.337. The van der Waals surface area contributed by atoms with Crippen LogP contribution in [0.3, 0.4) is 0 Å². The summed E-state index contributed by atoms with van der Waals surface area (Å²) in [6, 6.07) is 4.97. The van der Waals surface area contributed by atoms with Gasteiger partial charge in [0.2, 0.25) is 0 Å². The number of aromatic nitrogens is 2. The average Bonchev–Trinajstić information content (AvgIpc) is 3.40. The molecule has 0 radical (unpaired) electrons. The van der Waals surface area contributed by atoms with Gasteiger partial charge in [0.05, 0.1) is 12.8 Å². The molecule has 140 valence electrons. The zero-order valence-corrected chi connectivity index (χ0v) is 14.7. The van der Waals surface area contributed by atoms with Crippen LogP contribution in [-0.2, 0) is 19.4 Å². The number of furan rings is 1. The van der Waals surface area contributed by atoms with E-state index in [1.165, 1.54) is 0 Å². The molecule has 9 heteroatoms. The Labute approximate surface area is 154 Å². The van der Waals surface area contributed by atoms with E-state index in [0.717, 1.165) is 5.56 Å². The predicted octanol–water partition coefficient (Wildman–Crippen LogP) is 1.78. The highest BCUT2D eigenvalue weighted by Gasteiger charge is 2.30. The lowest BCUT2D eigenvalue weighted by atomic mass is 9.91. The van der Waals surface area contributed by atoms with Crippen LogP contribution in [0, 0.1) is 6.92 Å². The molecule has 3 aromatic rings. The Morgan fingerprint density at radius 3 is 2.89 bits per heavy atom. The van der Waals surface area contributed by atoms with E-state index in [-0.39, 0.29) is 35.8 Å². The van der Waals surface area contributed by atoms with Crippen molar-refractivity contribution in [3.05, 3.63) is 58.7 Å². The summed E-state index contributed by atoms with van der Waals surface area (Å²) in [5, 5.41) is 13.3. The second kappa shape index (κ2) is 7.10. The number of nitrogens with zero attached hydrogens (tertiary/aromatic N) is 2. The molecule has 3 heterocycles. The minimum Gasteiger partial charge on any atom is -0.467 e. The monoisotopic (exact) mass is 370 g/mol. The van der Waals surface area contributed by atoms with Gasteiger partial charge in [-0.15, -0.1) is 0 Å². The number of amides is 2. The Bertz CT molecular complexity index is 956. The molecular weight excluding hydrogens is 352 g/mol. The number of nitrogens with one attached hydrogen (secondary N) is 2. The summed E-state index contributed by atoms with van der Waals surface area (Å²) < 4.78 is 15.4. The number of carbonyl (C=O) groups excluding carboxylic acids is 2. The van der Waals surface area contributed by atoms with E-state index < -0.39 is 0 Å². The molecule has 0 spiro atoms. The summed E-state index contributed by atoms with van der Waals surface area (Å²) >= 11 is 0. The van der Waals surface area contributed by atoms with Gasteiger partial charge >= 0.3 is 0 Å². The number of carbonyl (C=O) groups is 2. The van der Waals surface area contributed by atoms with E-state index in [1.807, 2.05) is 0 Å². The molecule has 3 aromatic heterocycles. The van der Waals surface area contributed by atoms with Gasteiger partial charge in [-0.1, -0.05) is 10.3 Å². The van der Waals surface area contributed by atoms with Crippen molar-refractivity contribution in [3.8, 4) is 0 Å². The first-order valence-corrected chi connectivity index (χ1v) is 8.62. The molecule has 2 amide bonds. The Kier molecular flexibility index (Phi) is 4.49. The maximum atomic E-state index is 12.4. The summed E-state index contributed by atoms with van der Waals surface area (Å²) in [4.78, 5) is 24.7. The third kappa shape index (κ3) is 3.62. The quantitative estimate of drug-likeness (QED) is 0.701. The third-order valence-corrected chi connectivity index (χ3v) is 4.45. The highest BCUT2D eigenvalue weighted by molar-refractivity contribution is 5.94. The van der Waals surface area contributed by atoms with E-state index >= 15 is 0 Å². The van der Waals surface area contributed by atoms with Crippen LogP contribution in [0.25, 0.3) is 0 Å². The smallest absolute Gasteiger partial charge is 0.274 e. The molecule has 0 aliphatic heterocycles. The van der Waals surface area contributed by atoms with Crippen molar-refractivity contribution in [2.24, 2.45) is 0 Å². The standard InChI is InChI=1S/C18H18N4O5/c1-10-7-14(21-26-10)17(23)20-11-4-5-15-13(8-11)16(22-27-15)18(24)19-9-12-3-2-6-25-12/h2-3,6-7,11H,4-5,8-9H2,1H3,(H,19,24)(H,20,23). The van der Waals surface area contributed by atoms with Gasteiger partial charge in [0.15, 0.2) is 11.4 Å². The molecule has 1 unspecified atom stereocenters. The van der Waals surface area contributed by atoms with Gasteiger partial charge in [-0.2, -0.15) is 0 Å². The summed E-state index contributed by atoms with van der Waals surface area (Å²) in [7, 11) is 0. The van der Waals surface area contributed by atoms with Crippen LogP contribution in [0.15, 0.2) is 37.9 Å². The maximum Gasteiger partial charge on any atom is 0.274 e. The van der Waals surface area contributed by atoms with Crippen LogP contribution >= 0.6 is 0 Å². The number of aryl methyl sites for hydroxylation is 2. The molecule has 2 N–H and O–H groups in total. The van der Waals surface area contributed by atoms with Crippen molar-refractivity contribution in [3.63, 3.8) is 0 Å². The third-order valence-electron chi connectivity index (χ3n) is 4.45. The molecular formula is C18H18N4O5. The molecule has 0 saturated heterocycles. The zero-order valence-electron chi connectivity index (χ0n) is 14.7. The molecule has 0 aromatic carbocycles. The zero-order chi connectivity index (χ0) is 18.8. The molecule has 0 bridgehead atoms. The number of hydrogen-bond acceptors (Lipinski definition) is 7. The second-order valence-corrected chi connectivity index (χ2v) is 6.43. The first kappa shape index (κ1) is 17.1. The summed E-state index contributed by atoms with van der Waals surface area (Å²) in [5.74, 6) is 1.26. The van der Waals surface area contributed by atoms with Crippen LogP contribution in [0.5, 0.6) is 0 Å². The Morgan fingerprint density at radius 2 is 2.15 bits per heavy atom. The number of rotatable bonds is 5. The van der Waals surface area contributed by atoms with Crippen LogP contribution in [-0.4, -0.2) is 28.2 Å². The van der Waals surface area contributed by atoms with Gasteiger partial charge in [0.1, 0.15) is 17.3 Å². The lowest BCUT2D eigenvalue weighted by Gasteiger charge is -2.21. The summed E-state index contributed by atoms with van der Waals surface area (Å²) in [6.07, 6.45) is 3.29. The molecule has 0 fully saturated rings. The topological polar surface area (TPSA) is 123 Å². The molecule has 9 nitrogen and oxygen atoms in total. The fourth-order valence-corrected chi connectivity index (χ4v) is 3.10. The van der Waals surface area contributed by atoms with E-state index in [9.17, 15) is 9.59 Å². The largest absolute Gasteiger partial charge is 0.467 e. The van der Waals surface area contributed by atoms with E-state index in [0.29, 0.717) is 36.5 Å². The first-order valence-electron chi connectivity index (χ1n) is 8.62. The van der Waals surface area contributed by atoms with Crippen molar-refractivity contribution in [2.45, 2.75) is 38.8 Å². The van der Waals surface area contributed by atoms with E-state index in [1.54, 1.807) is 31.4 Å².